The van der Waals surface area contributed by atoms with Crippen molar-refractivity contribution < 1.29 is 9.53 Å². The first-order chi connectivity index (χ1) is 12.0. The van der Waals surface area contributed by atoms with E-state index in [0.717, 1.165) is 48.6 Å². The van der Waals surface area contributed by atoms with Crippen molar-refractivity contribution in [1.29, 1.82) is 0 Å². The molecule has 0 amide bonds. The van der Waals surface area contributed by atoms with Gasteiger partial charge in [0.15, 0.2) is 5.78 Å². The first kappa shape index (κ1) is 23.4. The van der Waals surface area contributed by atoms with Gasteiger partial charge in [-0.3, -0.25) is 4.79 Å². The number of anilines is 1. The van der Waals surface area contributed by atoms with Crippen LogP contribution in [0, 0.1) is 0 Å². The Balaban J connectivity index is 0.00000104. The van der Waals surface area contributed by atoms with Crippen molar-refractivity contribution >= 4 is 11.5 Å². The largest absolute Gasteiger partial charge is 0.495 e. The number of aryl methyl sites for hydroxylation is 1. The van der Waals surface area contributed by atoms with Crippen molar-refractivity contribution in [2.75, 3.05) is 45.7 Å². The van der Waals surface area contributed by atoms with Crippen molar-refractivity contribution in [3.8, 4) is 5.75 Å². The summed E-state index contributed by atoms with van der Waals surface area (Å²) < 4.78 is 5.50. The van der Waals surface area contributed by atoms with Crippen LogP contribution in [-0.4, -0.2) is 51.5 Å². The van der Waals surface area contributed by atoms with Gasteiger partial charge in [-0.1, -0.05) is 34.1 Å². The van der Waals surface area contributed by atoms with E-state index in [1.54, 1.807) is 7.11 Å². The van der Waals surface area contributed by atoms with Crippen LogP contribution in [0.2, 0.25) is 0 Å². The van der Waals surface area contributed by atoms with E-state index in [9.17, 15) is 4.79 Å². The normalized spacial score (nSPS) is 12.0. The monoisotopic (exact) mass is 350 g/mol. The molecule has 1 aliphatic carbocycles. The number of ketones is 1. The van der Waals surface area contributed by atoms with E-state index in [1.165, 1.54) is 6.42 Å². The van der Waals surface area contributed by atoms with Gasteiger partial charge in [0.05, 0.1) is 12.8 Å². The first-order valence-electron chi connectivity index (χ1n) is 9.62. The van der Waals surface area contributed by atoms with Crippen LogP contribution in [0.25, 0.3) is 0 Å². The number of nitrogens with zero attached hydrogens (tertiary/aromatic N) is 2. The van der Waals surface area contributed by atoms with Crippen LogP contribution in [0.5, 0.6) is 5.75 Å². The molecule has 144 valence electrons. The third kappa shape index (κ3) is 7.07. The Hall–Kier alpha value is -1.55. The Morgan fingerprint density at radius 1 is 1.04 bits per heavy atom. The van der Waals surface area contributed by atoms with Gasteiger partial charge in [-0.05, 0) is 45.1 Å². The van der Waals surface area contributed by atoms with Crippen molar-refractivity contribution in [1.82, 2.24) is 4.90 Å². The number of benzene rings is 1. The zero-order valence-corrected chi connectivity index (χ0v) is 17.6. The van der Waals surface area contributed by atoms with Crippen LogP contribution in [0.15, 0.2) is 12.1 Å². The molecule has 0 heterocycles. The highest BCUT2D eigenvalue weighted by Crippen LogP contribution is 2.35. The molecule has 25 heavy (non-hydrogen) atoms. The van der Waals surface area contributed by atoms with Crippen LogP contribution in [-0.2, 0) is 6.42 Å². The summed E-state index contributed by atoms with van der Waals surface area (Å²) in [7, 11) is 5.82. The van der Waals surface area contributed by atoms with E-state index in [4.69, 9.17) is 4.74 Å². The van der Waals surface area contributed by atoms with Gasteiger partial charge in [0.2, 0.25) is 0 Å². The van der Waals surface area contributed by atoms with Crippen LogP contribution in [0.1, 0.15) is 63.4 Å². The lowest BCUT2D eigenvalue weighted by Crippen LogP contribution is -2.31. The average molecular weight is 351 g/mol. The molecule has 0 radical (unpaired) electrons. The minimum absolute atomic E-state index is 0.237. The quantitative estimate of drug-likeness (QED) is 0.747. The molecule has 4 heteroatoms. The molecule has 0 bridgehead atoms. The van der Waals surface area contributed by atoms with Gasteiger partial charge in [0.25, 0.3) is 0 Å². The number of carbonyl (C=O) groups is 1. The van der Waals surface area contributed by atoms with Crippen molar-refractivity contribution in [3.05, 3.63) is 23.3 Å². The number of hydrogen-bond donors (Lipinski definition) is 0. The van der Waals surface area contributed by atoms with Crippen LogP contribution < -0.4 is 9.64 Å². The molecule has 1 aromatic rings. The summed E-state index contributed by atoms with van der Waals surface area (Å²) in [6, 6.07) is 4.05. The zero-order valence-electron chi connectivity index (χ0n) is 17.6. The van der Waals surface area contributed by atoms with Crippen LogP contribution in [0.4, 0.5) is 5.69 Å². The number of methoxy groups -OCH3 is 1. The fourth-order valence-electron chi connectivity index (χ4n) is 2.64. The molecule has 0 N–H and O–H groups in total. The zero-order chi connectivity index (χ0) is 19.4. The number of carbonyl (C=O) groups excluding carboxylic acids is 1. The average Bonchev–Trinajstić information content (AvgIpc) is 2.97. The molecule has 0 fully saturated rings. The van der Waals surface area contributed by atoms with Gasteiger partial charge < -0.3 is 14.5 Å². The van der Waals surface area contributed by atoms with E-state index < -0.39 is 0 Å². The van der Waals surface area contributed by atoms with Crippen molar-refractivity contribution in [3.63, 3.8) is 0 Å². The lowest BCUT2D eigenvalue weighted by atomic mass is 10.1. The number of hydrogen-bond acceptors (Lipinski definition) is 4. The minimum atomic E-state index is 0.237. The Kier molecular flexibility index (Phi) is 12.0. The van der Waals surface area contributed by atoms with Gasteiger partial charge in [-0.2, -0.15) is 0 Å². The highest BCUT2D eigenvalue weighted by atomic mass is 16.5. The molecule has 2 rings (SSSR count). The van der Waals surface area contributed by atoms with Crippen molar-refractivity contribution in [2.45, 2.75) is 53.9 Å². The number of ether oxygens (including phenoxy) is 1. The molecule has 4 nitrogen and oxygen atoms in total. The SMILES string of the molecule is CC.CCC.CCN(CCN(C)C)c1cc2c(cc1OC)C(=O)CC2. The Morgan fingerprint density at radius 2 is 1.64 bits per heavy atom. The van der Waals surface area contributed by atoms with Crippen LogP contribution >= 0.6 is 0 Å². The molecular weight excluding hydrogens is 312 g/mol. The topological polar surface area (TPSA) is 32.8 Å². The number of Topliss-reactive ketones (excluding diaryl/α,β-unsaturated/α-hetero) is 1. The standard InChI is InChI=1S/C16H24N2O2.C3H8.C2H6/c1-5-18(9-8-17(2)3)14-10-12-6-7-15(19)13(12)11-16(14)20-4;1-3-2;1-2/h10-11H,5-9H2,1-4H3;3H2,1-2H3;1-2H3. The second-order valence-corrected chi connectivity index (χ2v) is 6.19. The summed E-state index contributed by atoms with van der Waals surface area (Å²) in [6.07, 6.45) is 2.74. The molecule has 0 saturated carbocycles. The third-order valence-electron chi connectivity index (χ3n) is 3.87. The Labute approximate surface area is 155 Å². The van der Waals surface area contributed by atoms with Gasteiger partial charge >= 0.3 is 0 Å². The second kappa shape index (κ2) is 12.8. The molecule has 1 aliphatic rings. The summed E-state index contributed by atoms with van der Waals surface area (Å²) in [6.45, 7) is 13.3. The summed E-state index contributed by atoms with van der Waals surface area (Å²) >= 11 is 0. The molecule has 0 spiro atoms. The first-order valence-corrected chi connectivity index (χ1v) is 9.62. The van der Waals surface area contributed by atoms with E-state index in [1.807, 2.05) is 19.9 Å². The molecule has 1 aromatic carbocycles. The van der Waals surface area contributed by atoms with Gasteiger partial charge in [0.1, 0.15) is 5.75 Å². The fourth-order valence-corrected chi connectivity index (χ4v) is 2.64. The fraction of sp³-hybridized carbons (Fsp3) is 0.667. The van der Waals surface area contributed by atoms with E-state index in [2.05, 4.69) is 50.7 Å². The maximum atomic E-state index is 11.8. The van der Waals surface area contributed by atoms with Gasteiger partial charge in [-0.15, -0.1) is 0 Å². The van der Waals surface area contributed by atoms with Gasteiger partial charge in [-0.25, -0.2) is 0 Å². The summed E-state index contributed by atoms with van der Waals surface area (Å²) in [5, 5.41) is 0. The van der Waals surface area contributed by atoms with Gasteiger partial charge in [0, 0.05) is 31.6 Å². The Bertz CT molecular complexity index is 513. The maximum absolute atomic E-state index is 11.8. The predicted octanol–water partition coefficient (Wildman–Crippen LogP) is 4.65. The summed E-state index contributed by atoms with van der Waals surface area (Å²) in [4.78, 5) is 16.3. The number of fused-ring (bicyclic) bond motifs is 1. The molecule has 0 aromatic heterocycles. The lowest BCUT2D eigenvalue weighted by molar-refractivity contribution is 0.0994. The van der Waals surface area contributed by atoms with Crippen LogP contribution in [0.3, 0.4) is 0 Å². The predicted molar refractivity (Wildman–Crippen MR) is 109 cm³/mol. The molecule has 0 unspecified atom stereocenters. The second-order valence-electron chi connectivity index (χ2n) is 6.19. The van der Waals surface area contributed by atoms with E-state index in [0.29, 0.717) is 6.42 Å². The lowest BCUT2D eigenvalue weighted by Gasteiger charge is -2.27. The summed E-state index contributed by atoms with van der Waals surface area (Å²) in [5.41, 5.74) is 3.11. The molecular formula is C21H38N2O2. The number of likely N-dealkylation sites (N-methyl/N-ethyl adjacent to an activating group) is 2. The highest BCUT2D eigenvalue weighted by Gasteiger charge is 2.23. The molecule has 0 saturated heterocycles. The summed E-state index contributed by atoms with van der Waals surface area (Å²) in [5.74, 6) is 1.04. The molecule has 0 aliphatic heterocycles. The minimum Gasteiger partial charge on any atom is -0.495 e. The van der Waals surface area contributed by atoms with E-state index >= 15 is 0 Å². The van der Waals surface area contributed by atoms with E-state index in [-0.39, 0.29) is 5.78 Å². The number of rotatable bonds is 6. The third-order valence-corrected chi connectivity index (χ3v) is 3.87. The maximum Gasteiger partial charge on any atom is 0.163 e. The Morgan fingerprint density at radius 3 is 2.12 bits per heavy atom. The van der Waals surface area contributed by atoms with Crippen molar-refractivity contribution in [2.24, 2.45) is 0 Å². The molecule has 0 atom stereocenters. The highest BCUT2D eigenvalue weighted by molar-refractivity contribution is 6.01. The smallest absolute Gasteiger partial charge is 0.163 e.